The monoisotopic (exact) mass is 1220 g/mol. The summed E-state index contributed by atoms with van der Waals surface area (Å²) in [6, 6.07) is 0. The van der Waals surface area contributed by atoms with Gasteiger partial charge in [-0.1, -0.05) is 366 Å². The minimum Gasteiger partial charge on any atom is -0.477 e. The molecule has 510 valence electrons. The van der Waals surface area contributed by atoms with E-state index in [0.29, 0.717) is 17.4 Å². The second-order valence-electron chi connectivity index (χ2n) is 27.7. The molecule has 1 N–H and O–H groups in total. The van der Waals surface area contributed by atoms with E-state index < -0.39 is 18.4 Å². The predicted molar refractivity (Wildman–Crippen MR) is 369 cm³/mol. The van der Waals surface area contributed by atoms with Crippen LogP contribution in [0.2, 0.25) is 0 Å². The molecule has 0 radical (unpaired) electrons. The highest BCUT2D eigenvalue weighted by Crippen LogP contribution is 2.20. The summed E-state index contributed by atoms with van der Waals surface area (Å²) in [5.41, 5.74) is 0. The molecule has 0 saturated heterocycles. The van der Waals surface area contributed by atoms with Crippen molar-refractivity contribution in [1.82, 2.24) is 0 Å². The zero-order valence-corrected chi connectivity index (χ0v) is 58.5. The molecule has 0 aliphatic heterocycles. The first-order valence-electron chi connectivity index (χ1n) is 38.4. The Bertz CT molecular complexity index is 1410. The van der Waals surface area contributed by atoms with Gasteiger partial charge in [0, 0.05) is 12.8 Å². The first-order chi connectivity index (χ1) is 42.1. The number of esters is 2. The highest BCUT2D eigenvalue weighted by atomic mass is 16.7. The zero-order valence-electron chi connectivity index (χ0n) is 58.5. The van der Waals surface area contributed by atoms with Crippen LogP contribution in [0, 0.1) is 0 Å². The third-order valence-electron chi connectivity index (χ3n) is 17.8. The maximum absolute atomic E-state index is 13.0. The van der Waals surface area contributed by atoms with Gasteiger partial charge in [-0.05, 0) is 38.5 Å². The molecule has 86 heavy (non-hydrogen) atoms. The van der Waals surface area contributed by atoms with Gasteiger partial charge in [-0.15, -0.1) is 0 Å². The Morgan fingerprint density at radius 1 is 0.337 bits per heavy atom. The minimum absolute atomic E-state index is 0.173. The molecule has 0 saturated carbocycles. The van der Waals surface area contributed by atoms with E-state index in [0.717, 1.165) is 38.5 Å². The number of likely N-dealkylation sites (N-methyl/N-ethyl adjacent to an activating group) is 1. The van der Waals surface area contributed by atoms with Crippen molar-refractivity contribution in [3.8, 4) is 0 Å². The number of carbonyl (C=O) groups is 3. The highest BCUT2D eigenvalue weighted by Gasteiger charge is 2.25. The second kappa shape index (κ2) is 68.9. The molecule has 0 amide bonds. The Labute approximate surface area is 535 Å². The van der Waals surface area contributed by atoms with Gasteiger partial charge < -0.3 is 28.5 Å². The molecule has 0 aliphatic carbocycles. The normalized spacial score (nSPS) is 12.6. The van der Waals surface area contributed by atoms with Gasteiger partial charge in [0.1, 0.15) is 13.2 Å². The lowest BCUT2D eigenvalue weighted by Gasteiger charge is -2.25. The number of hydrogen-bond acceptors (Lipinski definition) is 7. The third kappa shape index (κ3) is 69.5. The Balaban J connectivity index is 3.99. The van der Waals surface area contributed by atoms with Crippen LogP contribution in [0.5, 0.6) is 0 Å². The van der Waals surface area contributed by atoms with E-state index in [2.05, 4.69) is 26.0 Å². The van der Waals surface area contributed by atoms with Crippen molar-refractivity contribution in [1.29, 1.82) is 0 Å². The van der Waals surface area contributed by atoms with Gasteiger partial charge in [0.15, 0.2) is 6.10 Å². The van der Waals surface area contributed by atoms with Crippen molar-refractivity contribution < 1.29 is 42.9 Å². The van der Waals surface area contributed by atoms with Crippen molar-refractivity contribution in [3.05, 3.63) is 12.2 Å². The first kappa shape index (κ1) is 84.0. The summed E-state index contributed by atoms with van der Waals surface area (Å²) in [6.45, 7) is 4.97. The molecule has 0 aromatic rings. The molecule has 0 fully saturated rings. The van der Waals surface area contributed by atoms with Gasteiger partial charge >= 0.3 is 17.9 Å². The number of allylic oxidation sites excluding steroid dienone is 2. The van der Waals surface area contributed by atoms with Gasteiger partial charge in [-0.3, -0.25) is 9.59 Å². The summed E-state index contributed by atoms with van der Waals surface area (Å²) in [6.07, 6.45) is 82.2. The summed E-state index contributed by atoms with van der Waals surface area (Å²) in [5.74, 6) is -1.97. The topological polar surface area (TPSA) is 108 Å². The van der Waals surface area contributed by atoms with Gasteiger partial charge in [0.2, 0.25) is 0 Å². The summed E-state index contributed by atoms with van der Waals surface area (Å²) >= 11 is 0. The molecule has 2 unspecified atom stereocenters. The molecule has 0 spiro atoms. The standard InChI is InChI=1S/C77H149NO8/c1-6-8-10-12-14-16-18-20-22-24-26-28-30-32-34-36-37-38-39-40-42-44-46-48-50-52-54-56-58-60-62-64-66-68-75(80)86-73(72-85-77(76(81)82)83-70-69-78(3,4)5)71-84-74(79)67-65-63-61-59-57-55-53-51-49-47-45-43-41-35-33-31-29-27-25-23-21-19-17-15-13-11-9-7-2/h24,26,73,77H,6-23,25,27-72H2,1-5H3/p+1/b26-24-. The molecule has 2 atom stereocenters. The smallest absolute Gasteiger partial charge is 0.361 e. The minimum atomic E-state index is -1.51. The average Bonchev–Trinajstić information content (AvgIpc) is 3.64. The quantitative estimate of drug-likeness (QED) is 0.0211. The Morgan fingerprint density at radius 2 is 0.593 bits per heavy atom. The number of unbranched alkanes of at least 4 members (excludes halogenated alkanes) is 56. The highest BCUT2D eigenvalue weighted by molar-refractivity contribution is 5.71. The SMILES string of the molecule is CCCCCCCCCC/C=C\CCCCCCCCCCCCCCCCCCCCCCCC(=O)OC(COC(=O)CCCCCCCCCCCCCCCCCCCCCCCCCCCCCC)COC(OCC[N+](C)(C)C)C(=O)O. The molecule has 0 aromatic heterocycles. The Hall–Kier alpha value is -1.97. The van der Waals surface area contributed by atoms with E-state index in [9.17, 15) is 19.5 Å². The van der Waals surface area contributed by atoms with E-state index in [4.69, 9.17) is 18.9 Å². The number of hydrogen-bond donors (Lipinski definition) is 1. The van der Waals surface area contributed by atoms with Crippen molar-refractivity contribution in [2.45, 2.75) is 418 Å². The van der Waals surface area contributed by atoms with E-state index in [-0.39, 0.29) is 38.2 Å². The average molecular weight is 1220 g/mol. The van der Waals surface area contributed by atoms with Crippen LogP contribution < -0.4 is 0 Å². The molecule has 0 aliphatic rings. The van der Waals surface area contributed by atoms with Crippen molar-refractivity contribution in [3.63, 3.8) is 0 Å². The van der Waals surface area contributed by atoms with Crippen LogP contribution >= 0.6 is 0 Å². The number of carboxylic acid groups (broad SMARTS) is 1. The number of rotatable bonds is 73. The number of nitrogens with zero attached hydrogens (tertiary/aromatic N) is 1. The lowest BCUT2D eigenvalue weighted by Crippen LogP contribution is -2.40. The van der Waals surface area contributed by atoms with Crippen LogP contribution in [0.15, 0.2) is 12.2 Å². The molecular formula is C77H150NO8+. The summed E-state index contributed by atoms with van der Waals surface area (Å²) in [7, 11) is 6.00. The lowest BCUT2D eigenvalue weighted by molar-refractivity contribution is -0.870. The van der Waals surface area contributed by atoms with Crippen LogP contribution in [0.25, 0.3) is 0 Å². The van der Waals surface area contributed by atoms with Gasteiger partial charge in [0.05, 0.1) is 34.4 Å². The number of carbonyl (C=O) groups excluding carboxylic acids is 2. The van der Waals surface area contributed by atoms with Crippen LogP contribution in [0.1, 0.15) is 406 Å². The van der Waals surface area contributed by atoms with E-state index in [1.54, 1.807) is 0 Å². The maximum Gasteiger partial charge on any atom is 0.361 e. The zero-order chi connectivity index (χ0) is 62.6. The number of quaternary nitrogens is 1. The Kier molecular flexibility index (Phi) is 67.4. The molecule has 9 heteroatoms. The molecule has 0 bridgehead atoms. The predicted octanol–water partition coefficient (Wildman–Crippen LogP) is 24.0. The van der Waals surface area contributed by atoms with E-state index in [1.807, 2.05) is 21.1 Å². The second-order valence-corrected chi connectivity index (χ2v) is 27.7. The van der Waals surface area contributed by atoms with Crippen LogP contribution in [-0.2, 0) is 33.3 Å². The fourth-order valence-corrected chi connectivity index (χ4v) is 11.9. The fourth-order valence-electron chi connectivity index (χ4n) is 11.9. The van der Waals surface area contributed by atoms with Crippen molar-refractivity contribution in [2.24, 2.45) is 0 Å². The van der Waals surface area contributed by atoms with Gasteiger partial charge in [-0.25, -0.2) is 4.79 Å². The number of ether oxygens (including phenoxy) is 4. The van der Waals surface area contributed by atoms with Crippen molar-refractivity contribution >= 4 is 17.9 Å². The molecular weight excluding hydrogens is 1070 g/mol. The lowest BCUT2D eigenvalue weighted by atomic mass is 10.0. The summed E-state index contributed by atoms with van der Waals surface area (Å²) < 4.78 is 23.1. The van der Waals surface area contributed by atoms with Gasteiger partial charge in [-0.2, -0.15) is 0 Å². The maximum atomic E-state index is 13.0. The van der Waals surface area contributed by atoms with Crippen molar-refractivity contribution in [2.75, 3.05) is 47.5 Å². The summed E-state index contributed by atoms with van der Waals surface area (Å²) in [4.78, 5) is 37.7. The molecule has 0 rings (SSSR count). The molecule has 0 heterocycles. The van der Waals surface area contributed by atoms with Crippen LogP contribution in [0.4, 0.5) is 0 Å². The fraction of sp³-hybridized carbons (Fsp3) is 0.935. The summed E-state index contributed by atoms with van der Waals surface area (Å²) in [5, 5.41) is 9.76. The van der Waals surface area contributed by atoms with Gasteiger partial charge in [0.25, 0.3) is 6.29 Å². The van der Waals surface area contributed by atoms with Crippen LogP contribution in [0.3, 0.4) is 0 Å². The third-order valence-corrected chi connectivity index (χ3v) is 17.8. The van der Waals surface area contributed by atoms with Crippen LogP contribution in [-0.4, -0.2) is 87.4 Å². The molecule has 9 nitrogen and oxygen atoms in total. The first-order valence-corrected chi connectivity index (χ1v) is 38.4. The largest absolute Gasteiger partial charge is 0.477 e. The number of carboxylic acids is 1. The van der Waals surface area contributed by atoms with E-state index >= 15 is 0 Å². The van der Waals surface area contributed by atoms with E-state index in [1.165, 1.54) is 340 Å². The number of aliphatic carboxylic acids is 1. The Morgan fingerprint density at radius 3 is 0.860 bits per heavy atom. The molecule has 0 aromatic carbocycles.